The van der Waals surface area contributed by atoms with Gasteiger partial charge in [0.25, 0.3) is 0 Å². The van der Waals surface area contributed by atoms with Gasteiger partial charge in [-0.2, -0.15) is 13.2 Å². The van der Waals surface area contributed by atoms with Crippen molar-refractivity contribution < 1.29 is 17.9 Å². The molecule has 0 saturated carbocycles. The lowest BCUT2D eigenvalue weighted by molar-refractivity contribution is -0.137. The van der Waals surface area contributed by atoms with Crippen LogP contribution >= 0.6 is 0 Å². The Bertz CT molecular complexity index is 843. The van der Waals surface area contributed by atoms with E-state index < -0.39 is 11.7 Å². The van der Waals surface area contributed by atoms with Gasteiger partial charge in [-0.15, -0.1) is 0 Å². The first kappa shape index (κ1) is 17.1. The highest BCUT2D eigenvalue weighted by molar-refractivity contribution is 5.86. The average Bonchev–Trinajstić information content (AvgIpc) is 2.89. The molecular formula is C21H17F3O. The molecule has 0 atom stereocenters. The van der Waals surface area contributed by atoms with Crippen molar-refractivity contribution in [2.45, 2.75) is 12.6 Å². The van der Waals surface area contributed by atoms with E-state index in [2.05, 4.69) is 0 Å². The van der Waals surface area contributed by atoms with Crippen LogP contribution in [0.5, 0.6) is 5.75 Å². The summed E-state index contributed by atoms with van der Waals surface area (Å²) < 4.78 is 45.9. The van der Waals surface area contributed by atoms with Crippen LogP contribution < -0.4 is 4.74 Å². The summed E-state index contributed by atoms with van der Waals surface area (Å²) in [4.78, 5) is 0. The van der Waals surface area contributed by atoms with Crippen LogP contribution in [0.15, 0.2) is 72.8 Å². The molecule has 0 radical (unpaired) electrons. The highest BCUT2D eigenvalue weighted by atomic mass is 19.4. The lowest BCUT2D eigenvalue weighted by Gasteiger charge is -2.18. The molecule has 3 rings (SSSR count). The summed E-state index contributed by atoms with van der Waals surface area (Å²) in [5.41, 5.74) is 1.54. The Kier molecular flexibility index (Phi) is 4.79. The van der Waals surface area contributed by atoms with E-state index in [4.69, 9.17) is 4.74 Å². The maximum atomic E-state index is 13.5. The van der Waals surface area contributed by atoms with E-state index in [9.17, 15) is 13.2 Å². The molecule has 0 aromatic heterocycles. The summed E-state index contributed by atoms with van der Waals surface area (Å²) in [6.45, 7) is 0. The van der Waals surface area contributed by atoms with Crippen molar-refractivity contribution in [2.24, 2.45) is 0 Å². The normalized spacial score (nSPS) is 14.2. The Morgan fingerprint density at radius 2 is 1.68 bits per heavy atom. The summed E-state index contributed by atoms with van der Waals surface area (Å²) in [6, 6.07) is 11.3. The van der Waals surface area contributed by atoms with Gasteiger partial charge in [-0.1, -0.05) is 60.7 Å². The third kappa shape index (κ3) is 3.68. The molecular weight excluding hydrogens is 325 g/mol. The molecule has 128 valence electrons. The van der Waals surface area contributed by atoms with Crippen molar-refractivity contribution in [2.75, 3.05) is 7.11 Å². The van der Waals surface area contributed by atoms with Crippen molar-refractivity contribution in [1.29, 1.82) is 0 Å². The molecule has 0 bridgehead atoms. The summed E-state index contributed by atoms with van der Waals surface area (Å²) in [5.74, 6) is 0.436. The monoisotopic (exact) mass is 342 g/mol. The first-order valence-electron chi connectivity index (χ1n) is 7.89. The van der Waals surface area contributed by atoms with E-state index in [1.165, 1.54) is 7.11 Å². The second-order valence-corrected chi connectivity index (χ2v) is 5.66. The Hall–Kier alpha value is -2.75. The predicted octanol–water partition coefficient (Wildman–Crippen LogP) is 6.28. The highest BCUT2D eigenvalue weighted by Crippen LogP contribution is 2.42. The standard InChI is InChI=1S/C21H17F3O/c1-25-20-18(15-9-5-2-3-6-10-15)13-17(21(22,23)24)14-19(20)16-11-7-4-8-12-16/h2,4-14H,3H2,1H3. The zero-order valence-corrected chi connectivity index (χ0v) is 13.7. The smallest absolute Gasteiger partial charge is 0.416 e. The number of ether oxygens (including phenoxy) is 1. The fraction of sp³-hybridized carbons (Fsp3) is 0.143. The minimum Gasteiger partial charge on any atom is -0.495 e. The van der Waals surface area contributed by atoms with E-state index in [1.54, 1.807) is 30.3 Å². The SMILES string of the molecule is COc1c(C2=CC=CCC=C2)cc(C(F)(F)F)cc1-c1ccccc1. The van der Waals surface area contributed by atoms with Crippen LogP contribution in [0.1, 0.15) is 17.5 Å². The molecule has 0 amide bonds. The number of hydrogen-bond donors (Lipinski definition) is 0. The lowest BCUT2D eigenvalue weighted by Crippen LogP contribution is -2.07. The van der Waals surface area contributed by atoms with E-state index >= 15 is 0 Å². The molecule has 1 aliphatic rings. The van der Waals surface area contributed by atoms with Crippen LogP contribution in [0.2, 0.25) is 0 Å². The Balaban J connectivity index is 2.30. The van der Waals surface area contributed by atoms with E-state index in [0.717, 1.165) is 18.6 Å². The average molecular weight is 342 g/mol. The van der Waals surface area contributed by atoms with Gasteiger partial charge in [0.2, 0.25) is 0 Å². The summed E-state index contributed by atoms with van der Waals surface area (Å²) >= 11 is 0. The number of benzene rings is 2. The fourth-order valence-corrected chi connectivity index (χ4v) is 2.82. The minimum atomic E-state index is -4.44. The second kappa shape index (κ2) is 7.01. The van der Waals surface area contributed by atoms with E-state index in [1.807, 2.05) is 30.4 Å². The van der Waals surface area contributed by atoms with Crippen LogP contribution in [0.25, 0.3) is 16.7 Å². The number of hydrogen-bond acceptors (Lipinski definition) is 1. The summed E-state index contributed by atoms with van der Waals surface area (Å²) in [5, 5.41) is 0. The van der Waals surface area contributed by atoms with Crippen molar-refractivity contribution in [3.05, 3.63) is 84.0 Å². The Labute approximate surface area is 144 Å². The quantitative estimate of drug-likeness (QED) is 0.638. The van der Waals surface area contributed by atoms with Gasteiger partial charge in [0.15, 0.2) is 0 Å². The molecule has 1 nitrogen and oxygen atoms in total. The number of alkyl halides is 3. The Morgan fingerprint density at radius 3 is 2.36 bits per heavy atom. The topological polar surface area (TPSA) is 9.23 Å². The molecule has 4 heteroatoms. The first-order chi connectivity index (χ1) is 12.0. The molecule has 0 fully saturated rings. The molecule has 0 saturated heterocycles. The van der Waals surface area contributed by atoms with Crippen LogP contribution in [-0.4, -0.2) is 7.11 Å². The molecule has 1 aliphatic carbocycles. The zero-order chi connectivity index (χ0) is 17.9. The molecule has 2 aromatic rings. The predicted molar refractivity (Wildman–Crippen MR) is 94.3 cm³/mol. The molecule has 2 aromatic carbocycles. The summed E-state index contributed by atoms with van der Waals surface area (Å²) in [7, 11) is 1.48. The second-order valence-electron chi connectivity index (χ2n) is 5.66. The lowest BCUT2D eigenvalue weighted by atomic mass is 9.93. The van der Waals surface area contributed by atoms with Gasteiger partial charge < -0.3 is 4.74 Å². The van der Waals surface area contributed by atoms with Crippen LogP contribution in [0, 0.1) is 0 Å². The van der Waals surface area contributed by atoms with Crippen LogP contribution in [0.3, 0.4) is 0 Å². The van der Waals surface area contributed by atoms with Gasteiger partial charge in [0.1, 0.15) is 5.75 Å². The minimum absolute atomic E-state index is 0.426. The van der Waals surface area contributed by atoms with Crippen molar-refractivity contribution in [1.82, 2.24) is 0 Å². The van der Waals surface area contributed by atoms with Crippen molar-refractivity contribution in [3.8, 4) is 16.9 Å². The maximum absolute atomic E-state index is 13.5. The van der Waals surface area contributed by atoms with Gasteiger partial charge >= 0.3 is 6.18 Å². The van der Waals surface area contributed by atoms with Gasteiger partial charge in [-0.05, 0) is 29.7 Å². The van der Waals surface area contributed by atoms with Crippen LogP contribution in [-0.2, 0) is 6.18 Å². The molecule has 0 N–H and O–H groups in total. The highest BCUT2D eigenvalue weighted by Gasteiger charge is 2.33. The van der Waals surface area contributed by atoms with Gasteiger partial charge in [-0.25, -0.2) is 0 Å². The zero-order valence-electron chi connectivity index (χ0n) is 13.7. The first-order valence-corrected chi connectivity index (χ1v) is 7.89. The third-order valence-corrected chi connectivity index (χ3v) is 4.00. The van der Waals surface area contributed by atoms with Crippen molar-refractivity contribution in [3.63, 3.8) is 0 Å². The van der Waals surface area contributed by atoms with Crippen molar-refractivity contribution >= 4 is 5.57 Å². The molecule has 0 unspecified atom stereocenters. The maximum Gasteiger partial charge on any atom is 0.416 e. The van der Waals surface area contributed by atoms with E-state index in [0.29, 0.717) is 28.0 Å². The number of methoxy groups -OCH3 is 1. The van der Waals surface area contributed by atoms with E-state index in [-0.39, 0.29) is 0 Å². The Morgan fingerprint density at radius 1 is 0.960 bits per heavy atom. The number of halogens is 3. The third-order valence-electron chi connectivity index (χ3n) is 4.00. The van der Waals surface area contributed by atoms with Crippen LogP contribution in [0.4, 0.5) is 13.2 Å². The number of rotatable bonds is 3. The molecule has 0 aliphatic heterocycles. The van der Waals surface area contributed by atoms with Gasteiger partial charge in [0.05, 0.1) is 12.7 Å². The molecule has 0 spiro atoms. The molecule has 0 heterocycles. The molecule has 25 heavy (non-hydrogen) atoms. The fourth-order valence-electron chi connectivity index (χ4n) is 2.82. The summed E-state index contributed by atoms with van der Waals surface area (Å²) in [6.07, 6.45) is 5.64. The largest absolute Gasteiger partial charge is 0.495 e. The van der Waals surface area contributed by atoms with Gasteiger partial charge in [-0.3, -0.25) is 0 Å². The number of allylic oxidation sites excluding steroid dienone is 6. The van der Waals surface area contributed by atoms with Gasteiger partial charge in [0, 0.05) is 11.1 Å².